The second kappa shape index (κ2) is 5.74. The number of rotatable bonds is 3. The van der Waals surface area contributed by atoms with Crippen LogP contribution in [0.2, 0.25) is 0 Å². The largest absolute Gasteiger partial charge is 0.493 e. The SMILES string of the molecule is COc1cc(C#N)ccc1OC1CCC(O)CC1. The Morgan fingerprint density at radius 3 is 2.56 bits per heavy atom. The molecule has 0 bridgehead atoms. The van der Waals surface area contributed by atoms with Gasteiger partial charge in [-0.1, -0.05) is 0 Å². The van der Waals surface area contributed by atoms with Crippen molar-refractivity contribution >= 4 is 0 Å². The minimum absolute atomic E-state index is 0.121. The third kappa shape index (κ3) is 2.93. The lowest BCUT2D eigenvalue weighted by atomic mass is 9.95. The third-order valence-corrected chi connectivity index (χ3v) is 3.23. The molecule has 1 aliphatic carbocycles. The van der Waals surface area contributed by atoms with Gasteiger partial charge in [-0.3, -0.25) is 0 Å². The summed E-state index contributed by atoms with van der Waals surface area (Å²) >= 11 is 0. The van der Waals surface area contributed by atoms with E-state index in [1.807, 2.05) is 0 Å². The van der Waals surface area contributed by atoms with Crippen LogP contribution in [0.3, 0.4) is 0 Å². The van der Waals surface area contributed by atoms with Gasteiger partial charge in [-0.25, -0.2) is 0 Å². The maximum absolute atomic E-state index is 9.45. The zero-order valence-electron chi connectivity index (χ0n) is 10.4. The van der Waals surface area contributed by atoms with Crippen LogP contribution in [0.1, 0.15) is 31.2 Å². The molecule has 0 unspecified atom stereocenters. The van der Waals surface area contributed by atoms with Crippen molar-refractivity contribution in [3.05, 3.63) is 23.8 Å². The fourth-order valence-corrected chi connectivity index (χ4v) is 2.18. The van der Waals surface area contributed by atoms with Crippen LogP contribution in [-0.4, -0.2) is 24.4 Å². The fraction of sp³-hybridized carbons (Fsp3) is 0.500. The molecule has 0 heterocycles. The van der Waals surface area contributed by atoms with E-state index in [9.17, 15) is 5.11 Å². The molecule has 1 fully saturated rings. The zero-order chi connectivity index (χ0) is 13.0. The number of nitrogens with zero attached hydrogens (tertiary/aromatic N) is 1. The molecule has 0 spiro atoms. The topological polar surface area (TPSA) is 62.5 Å². The molecule has 96 valence electrons. The van der Waals surface area contributed by atoms with Crippen LogP contribution >= 0.6 is 0 Å². The van der Waals surface area contributed by atoms with Crippen LogP contribution in [0.15, 0.2) is 18.2 Å². The van der Waals surface area contributed by atoms with E-state index in [-0.39, 0.29) is 12.2 Å². The standard InChI is InChI=1S/C14H17NO3/c1-17-14-8-10(9-15)2-7-13(14)18-12-5-3-11(16)4-6-12/h2,7-8,11-12,16H,3-6H2,1H3. The van der Waals surface area contributed by atoms with E-state index >= 15 is 0 Å². The molecule has 18 heavy (non-hydrogen) atoms. The molecule has 0 aliphatic heterocycles. The first-order chi connectivity index (χ1) is 8.72. The van der Waals surface area contributed by atoms with E-state index in [0.717, 1.165) is 25.7 Å². The van der Waals surface area contributed by atoms with Crippen molar-refractivity contribution < 1.29 is 14.6 Å². The van der Waals surface area contributed by atoms with Gasteiger partial charge in [0.2, 0.25) is 0 Å². The normalized spacial score (nSPS) is 23.2. The van der Waals surface area contributed by atoms with E-state index in [0.29, 0.717) is 17.1 Å². The summed E-state index contributed by atoms with van der Waals surface area (Å²) in [6.07, 6.45) is 3.20. The number of nitriles is 1. The van der Waals surface area contributed by atoms with Crippen LogP contribution in [0, 0.1) is 11.3 Å². The molecule has 1 aromatic carbocycles. The first-order valence-electron chi connectivity index (χ1n) is 6.16. The fourth-order valence-electron chi connectivity index (χ4n) is 2.18. The summed E-state index contributed by atoms with van der Waals surface area (Å²) in [6, 6.07) is 7.23. The molecule has 4 heteroatoms. The molecule has 0 radical (unpaired) electrons. The Bertz CT molecular complexity index is 445. The average molecular weight is 247 g/mol. The average Bonchev–Trinajstić information content (AvgIpc) is 2.41. The summed E-state index contributed by atoms with van der Waals surface area (Å²) in [5.41, 5.74) is 0.554. The molecule has 0 aromatic heterocycles. The van der Waals surface area contributed by atoms with Gasteiger partial charge in [0.1, 0.15) is 0 Å². The lowest BCUT2D eigenvalue weighted by Crippen LogP contribution is -2.26. The van der Waals surface area contributed by atoms with Crippen molar-refractivity contribution in [3.63, 3.8) is 0 Å². The number of aliphatic hydroxyl groups is 1. The molecule has 0 amide bonds. The van der Waals surface area contributed by atoms with Crippen molar-refractivity contribution in [2.24, 2.45) is 0 Å². The van der Waals surface area contributed by atoms with Gasteiger partial charge in [0.25, 0.3) is 0 Å². The van der Waals surface area contributed by atoms with Crippen molar-refractivity contribution in [3.8, 4) is 17.6 Å². The molecule has 0 atom stereocenters. The molecule has 4 nitrogen and oxygen atoms in total. The minimum atomic E-state index is -0.187. The summed E-state index contributed by atoms with van der Waals surface area (Å²) < 4.78 is 11.1. The van der Waals surface area contributed by atoms with E-state index in [4.69, 9.17) is 14.7 Å². The van der Waals surface area contributed by atoms with E-state index in [2.05, 4.69) is 6.07 Å². The summed E-state index contributed by atoms with van der Waals surface area (Å²) in [6.45, 7) is 0. The van der Waals surface area contributed by atoms with Crippen molar-refractivity contribution in [1.29, 1.82) is 5.26 Å². The smallest absolute Gasteiger partial charge is 0.162 e. The Hall–Kier alpha value is -1.73. The van der Waals surface area contributed by atoms with Gasteiger partial charge >= 0.3 is 0 Å². The minimum Gasteiger partial charge on any atom is -0.493 e. The van der Waals surface area contributed by atoms with Crippen LogP contribution in [-0.2, 0) is 0 Å². The van der Waals surface area contributed by atoms with Crippen LogP contribution in [0.5, 0.6) is 11.5 Å². The first-order valence-corrected chi connectivity index (χ1v) is 6.16. The van der Waals surface area contributed by atoms with E-state index in [1.165, 1.54) is 0 Å². The number of ether oxygens (including phenoxy) is 2. The zero-order valence-corrected chi connectivity index (χ0v) is 10.4. The van der Waals surface area contributed by atoms with Gasteiger partial charge in [-0.2, -0.15) is 5.26 Å². The lowest BCUT2D eigenvalue weighted by Gasteiger charge is -2.26. The Morgan fingerprint density at radius 1 is 1.22 bits per heavy atom. The predicted octanol–water partition coefficient (Wildman–Crippen LogP) is 2.25. The quantitative estimate of drug-likeness (QED) is 0.889. The maximum Gasteiger partial charge on any atom is 0.162 e. The lowest BCUT2D eigenvalue weighted by molar-refractivity contribution is 0.0652. The van der Waals surface area contributed by atoms with E-state index < -0.39 is 0 Å². The van der Waals surface area contributed by atoms with Gasteiger partial charge in [-0.15, -0.1) is 0 Å². The van der Waals surface area contributed by atoms with Gasteiger partial charge in [-0.05, 0) is 37.8 Å². The third-order valence-electron chi connectivity index (χ3n) is 3.23. The second-order valence-corrected chi connectivity index (χ2v) is 4.53. The van der Waals surface area contributed by atoms with Crippen molar-refractivity contribution in [1.82, 2.24) is 0 Å². The number of hydrogen-bond acceptors (Lipinski definition) is 4. The van der Waals surface area contributed by atoms with Crippen molar-refractivity contribution in [2.45, 2.75) is 37.9 Å². The Labute approximate surface area is 107 Å². The number of benzene rings is 1. The first kappa shape index (κ1) is 12.7. The molecular weight excluding hydrogens is 230 g/mol. The summed E-state index contributed by atoms with van der Waals surface area (Å²) in [7, 11) is 1.56. The number of methoxy groups -OCH3 is 1. The predicted molar refractivity (Wildman–Crippen MR) is 66.6 cm³/mol. The number of hydrogen-bond donors (Lipinski definition) is 1. The number of aliphatic hydroxyl groups excluding tert-OH is 1. The molecule has 2 rings (SSSR count). The van der Waals surface area contributed by atoms with Crippen molar-refractivity contribution in [2.75, 3.05) is 7.11 Å². The highest BCUT2D eigenvalue weighted by atomic mass is 16.5. The molecule has 1 aromatic rings. The Balaban J connectivity index is 2.07. The van der Waals surface area contributed by atoms with Gasteiger partial charge in [0, 0.05) is 6.07 Å². The highest BCUT2D eigenvalue weighted by molar-refractivity contribution is 5.46. The summed E-state index contributed by atoms with van der Waals surface area (Å²) in [4.78, 5) is 0. The summed E-state index contributed by atoms with van der Waals surface area (Å²) in [5.74, 6) is 1.25. The monoisotopic (exact) mass is 247 g/mol. The van der Waals surface area contributed by atoms with Gasteiger partial charge in [0.05, 0.1) is 31.0 Å². The Morgan fingerprint density at radius 2 is 1.94 bits per heavy atom. The molecular formula is C14H17NO3. The molecule has 1 saturated carbocycles. The molecule has 1 aliphatic rings. The van der Waals surface area contributed by atoms with Crippen LogP contribution in [0.4, 0.5) is 0 Å². The van der Waals surface area contributed by atoms with Gasteiger partial charge in [0.15, 0.2) is 11.5 Å². The maximum atomic E-state index is 9.45. The highest BCUT2D eigenvalue weighted by Crippen LogP contribution is 2.31. The second-order valence-electron chi connectivity index (χ2n) is 4.53. The molecule has 1 N–H and O–H groups in total. The summed E-state index contributed by atoms with van der Waals surface area (Å²) in [5, 5.41) is 18.3. The van der Waals surface area contributed by atoms with Crippen LogP contribution < -0.4 is 9.47 Å². The van der Waals surface area contributed by atoms with Gasteiger partial charge < -0.3 is 14.6 Å². The molecule has 0 saturated heterocycles. The Kier molecular flexibility index (Phi) is 4.06. The van der Waals surface area contributed by atoms with E-state index in [1.54, 1.807) is 25.3 Å². The highest BCUT2D eigenvalue weighted by Gasteiger charge is 2.21. The van der Waals surface area contributed by atoms with Crippen LogP contribution in [0.25, 0.3) is 0 Å².